The number of benzene rings is 1. The first kappa shape index (κ1) is 15.1. The highest BCUT2D eigenvalue weighted by atomic mass is 35.5. The highest BCUT2D eigenvalue weighted by molar-refractivity contribution is 6.29. The Labute approximate surface area is 126 Å². The Kier molecular flexibility index (Phi) is 5.34. The summed E-state index contributed by atoms with van der Waals surface area (Å²) in [6.07, 6.45) is 0.681. The molecule has 0 aliphatic heterocycles. The SMILES string of the molecule is O=[N+]([O-])c1ccc(Cl)nc1NCCCOc1ccccc1. The lowest BCUT2D eigenvalue weighted by atomic mass is 10.3. The van der Waals surface area contributed by atoms with Gasteiger partial charge >= 0.3 is 5.69 Å². The molecule has 0 aliphatic rings. The van der Waals surface area contributed by atoms with Crippen molar-refractivity contribution in [1.29, 1.82) is 0 Å². The second-order valence-corrected chi connectivity index (χ2v) is 4.59. The lowest BCUT2D eigenvalue weighted by Crippen LogP contribution is -2.10. The van der Waals surface area contributed by atoms with E-state index in [1.165, 1.54) is 12.1 Å². The van der Waals surface area contributed by atoms with E-state index >= 15 is 0 Å². The summed E-state index contributed by atoms with van der Waals surface area (Å²) in [5.74, 6) is 0.969. The lowest BCUT2D eigenvalue weighted by molar-refractivity contribution is -0.384. The normalized spacial score (nSPS) is 10.1. The molecule has 0 saturated carbocycles. The van der Waals surface area contributed by atoms with Crippen LogP contribution in [0.1, 0.15) is 6.42 Å². The maximum absolute atomic E-state index is 10.9. The fourth-order valence-corrected chi connectivity index (χ4v) is 1.84. The quantitative estimate of drug-likeness (QED) is 0.366. The molecule has 0 bridgehead atoms. The number of halogens is 1. The molecule has 110 valence electrons. The van der Waals surface area contributed by atoms with Crippen molar-refractivity contribution >= 4 is 23.1 Å². The van der Waals surface area contributed by atoms with Gasteiger partial charge in [0.25, 0.3) is 0 Å². The lowest BCUT2D eigenvalue weighted by Gasteiger charge is -2.08. The summed E-state index contributed by atoms with van der Waals surface area (Å²) in [4.78, 5) is 14.3. The molecule has 1 aromatic heterocycles. The molecule has 6 nitrogen and oxygen atoms in total. The van der Waals surface area contributed by atoms with Crippen LogP contribution in [0.2, 0.25) is 5.15 Å². The molecule has 0 fully saturated rings. The topological polar surface area (TPSA) is 77.3 Å². The van der Waals surface area contributed by atoms with Crippen LogP contribution >= 0.6 is 11.6 Å². The number of rotatable bonds is 7. The second-order valence-electron chi connectivity index (χ2n) is 4.20. The molecule has 0 radical (unpaired) electrons. The molecule has 0 atom stereocenters. The Bertz CT molecular complexity index is 608. The number of hydrogen-bond donors (Lipinski definition) is 1. The first-order chi connectivity index (χ1) is 10.2. The van der Waals surface area contributed by atoms with Crippen molar-refractivity contribution in [2.45, 2.75) is 6.42 Å². The van der Waals surface area contributed by atoms with Crippen LogP contribution in [0.5, 0.6) is 5.75 Å². The summed E-state index contributed by atoms with van der Waals surface area (Å²) in [5.41, 5.74) is -0.0941. The van der Waals surface area contributed by atoms with E-state index in [1.54, 1.807) is 0 Å². The predicted molar refractivity (Wildman–Crippen MR) is 80.9 cm³/mol. The zero-order valence-corrected chi connectivity index (χ0v) is 11.9. The van der Waals surface area contributed by atoms with Crippen LogP contribution in [0, 0.1) is 10.1 Å². The van der Waals surface area contributed by atoms with Gasteiger partial charge in [-0.05, 0) is 24.6 Å². The third-order valence-corrected chi connectivity index (χ3v) is 2.87. The smallest absolute Gasteiger partial charge is 0.311 e. The molecule has 1 N–H and O–H groups in total. The summed E-state index contributed by atoms with van der Waals surface area (Å²) in [7, 11) is 0. The minimum Gasteiger partial charge on any atom is -0.494 e. The molecular weight excluding hydrogens is 294 g/mol. The van der Waals surface area contributed by atoms with Crippen molar-refractivity contribution in [3.05, 3.63) is 57.7 Å². The van der Waals surface area contributed by atoms with Crippen molar-refractivity contribution in [3.8, 4) is 5.75 Å². The van der Waals surface area contributed by atoms with Crippen LogP contribution in [0.4, 0.5) is 11.5 Å². The van der Waals surface area contributed by atoms with Crippen molar-refractivity contribution in [1.82, 2.24) is 4.98 Å². The van der Waals surface area contributed by atoms with Gasteiger partial charge in [0.1, 0.15) is 10.9 Å². The van der Waals surface area contributed by atoms with Gasteiger partial charge in [-0.15, -0.1) is 0 Å². The number of nitrogens with zero attached hydrogens (tertiary/aromatic N) is 2. The number of anilines is 1. The summed E-state index contributed by atoms with van der Waals surface area (Å²) in [6.45, 7) is 1.01. The minimum atomic E-state index is -0.494. The van der Waals surface area contributed by atoms with Crippen LogP contribution < -0.4 is 10.1 Å². The average Bonchev–Trinajstić information content (AvgIpc) is 2.48. The number of pyridine rings is 1. The largest absolute Gasteiger partial charge is 0.494 e. The molecule has 1 aromatic carbocycles. The van der Waals surface area contributed by atoms with E-state index in [-0.39, 0.29) is 16.7 Å². The van der Waals surface area contributed by atoms with Gasteiger partial charge in [-0.2, -0.15) is 0 Å². The average molecular weight is 308 g/mol. The molecule has 2 rings (SSSR count). The van der Waals surface area contributed by atoms with E-state index in [0.717, 1.165) is 5.75 Å². The first-order valence-electron chi connectivity index (χ1n) is 6.39. The zero-order valence-electron chi connectivity index (χ0n) is 11.2. The number of nitro groups is 1. The third-order valence-electron chi connectivity index (χ3n) is 2.66. The number of ether oxygens (including phenoxy) is 1. The first-order valence-corrected chi connectivity index (χ1v) is 6.77. The van der Waals surface area contributed by atoms with Crippen LogP contribution in [0.15, 0.2) is 42.5 Å². The molecule has 0 spiro atoms. The maximum Gasteiger partial charge on any atom is 0.311 e. The van der Waals surface area contributed by atoms with Gasteiger partial charge in [0, 0.05) is 12.6 Å². The highest BCUT2D eigenvalue weighted by Crippen LogP contribution is 2.23. The number of para-hydroxylation sites is 1. The van der Waals surface area contributed by atoms with E-state index < -0.39 is 4.92 Å². The zero-order chi connectivity index (χ0) is 15.1. The molecule has 2 aromatic rings. The van der Waals surface area contributed by atoms with Gasteiger partial charge in [0.2, 0.25) is 5.82 Å². The van der Waals surface area contributed by atoms with Crippen molar-refractivity contribution in [2.24, 2.45) is 0 Å². The highest BCUT2D eigenvalue weighted by Gasteiger charge is 2.14. The van der Waals surface area contributed by atoms with Gasteiger partial charge < -0.3 is 10.1 Å². The molecule has 21 heavy (non-hydrogen) atoms. The van der Waals surface area contributed by atoms with Crippen molar-refractivity contribution in [2.75, 3.05) is 18.5 Å². The Balaban J connectivity index is 1.81. The third kappa shape index (κ3) is 4.61. The Morgan fingerprint density at radius 3 is 2.71 bits per heavy atom. The van der Waals surface area contributed by atoms with Gasteiger partial charge in [-0.3, -0.25) is 10.1 Å². The van der Waals surface area contributed by atoms with E-state index in [2.05, 4.69) is 10.3 Å². The number of hydrogen-bond acceptors (Lipinski definition) is 5. The van der Waals surface area contributed by atoms with E-state index in [4.69, 9.17) is 16.3 Å². The number of nitrogens with one attached hydrogen (secondary N) is 1. The summed E-state index contributed by atoms with van der Waals surface area (Å²) < 4.78 is 5.53. The fourth-order valence-electron chi connectivity index (χ4n) is 1.69. The van der Waals surface area contributed by atoms with Crippen LogP contribution in [-0.2, 0) is 0 Å². The summed E-state index contributed by atoms with van der Waals surface area (Å²) in [5, 5.41) is 14.0. The van der Waals surface area contributed by atoms with Gasteiger partial charge in [-0.1, -0.05) is 29.8 Å². The van der Waals surface area contributed by atoms with Gasteiger partial charge in [-0.25, -0.2) is 4.98 Å². The predicted octanol–water partition coefficient (Wildman–Crippen LogP) is 3.52. The summed E-state index contributed by atoms with van der Waals surface area (Å²) in [6, 6.07) is 12.2. The summed E-state index contributed by atoms with van der Waals surface area (Å²) >= 11 is 5.74. The molecule has 0 amide bonds. The molecule has 7 heteroatoms. The molecular formula is C14H14ClN3O3. The standard InChI is InChI=1S/C14H14ClN3O3/c15-13-8-7-12(18(19)20)14(17-13)16-9-4-10-21-11-5-2-1-3-6-11/h1-3,5-8H,4,9-10H2,(H,16,17). The molecule has 0 saturated heterocycles. The second kappa shape index (κ2) is 7.44. The Morgan fingerprint density at radius 1 is 1.24 bits per heavy atom. The minimum absolute atomic E-state index is 0.0941. The van der Waals surface area contributed by atoms with Crippen LogP contribution in [0.3, 0.4) is 0 Å². The van der Waals surface area contributed by atoms with E-state index in [1.807, 2.05) is 30.3 Å². The van der Waals surface area contributed by atoms with E-state index in [9.17, 15) is 10.1 Å². The maximum atomic E-state index is 10.9. The monoisotopic (exact) mass is 307 g/mol. The molecule has 0 unspecified atom stereocenters. The van der Waals surface area contributed by atoms with Crippen molar-refractivity contribution in [3.63, 3.8) is 0 Å². The Hall–Kier alpha value is -2.34. The van der Waals surface area contributed by atoms with Gasteiger partial charge in [0.05, 0.1) is 11.5 Å². The van der Waals surface area contributed by atoms with Gasteiger partial charge in [0.15, 0.2) is 0 Å². The van der Waals surface area contributed by atoms with Crippen molar-refractivity contribution < 1.29 is 9.66 Å². The van der Waals surface area contributed by atoms with E-state index in [0.29, 0.717) is 19.6 Å². The van der Waals surface area contributed by atoms with Crippen LogP contribution in [-0.4, -0.2) is 23.1 Å². The molecule has 1 heterocycles. The fraction of sp³-hybridized carbons (Fsp3) is 0.214. The van der Waals surface area contributed by atoms with Crippen LogP contribution in [0.25, 0.3) is 0 Å². The molecule has 0 aliphatic carbocycles. The number of aromatic nitrogens is 1. The Morgan fingerprint density at radius 2 is 2.00 bits per heavy atom.